The van der Waals surface area contributed by atoms with Crippen molar-refractivity contribution in [3.63, 3.8) is 0 Å². The molecule has 0 aliphatic rings. The third kappa shape index (κ3) is 2.02. The molecule has 0 bridgehead atoms. The first-order valence-corrected chi connectivity index (χ1v) is 5.46. The Hall–Kier alpha value is -1.13. The van der Waals surface area contributed by atoms with Crippen LogP contribution in [-0.2, 0) is 14.3 Å². The summed E-state index contributed by atoms with van der Waals surface area (Å²) in [6, 6.07) is 4.95. The van der Waals surface area contributed by atoms with Gasteiger partial charge in [0.1, 0.15) is 0 Å². The molecule has 1 aromatic rings. The molecule has 1 rings (SSSR count). The van der Waals surface area contributed by atoms with E-state index in [1.54, 1.807) is 25.1 Å². The molecule has 1 aromatic carbocycles. The molecule has 0 spiro atoms. The van der Waals surface area contributed by atoms with E-state index in [0.717, 1.165) is 12.7 Å². The molecular formula is C10H12O3S. The zero-order chi connectivity index (χ0) is 10.8. The Kier molecular flexibility index (Phi) is 3.08. The van der Waals surface area contributed by atoms with Gasteiger partial charge in [-0.1, -0.05) is 24.8 Å². The van der Waals surface area contributed by atoms with Crippen molar-refractivity contribution in [2.45, 2.75) is 11.8 Å². The molecule has 3 nitrogen and oxygen atoms in total. The molecular weight excluding hydrogens is 200 g/mol. The fraction of sp³-hybridized carbons (Fsp3) is 0.200. The maximum absolute atomic E-state index is 11.4. The summed E-state index contributed by atoms with van der Waals surface area (Å²) in [7, 11) is -2.44. The predicted octanol–water partition coefficient (Wildman–Crippen LogP) is 1.97. The number of hydrogen-bond donors (Lipinski definition) is 0. The third-order valence-electron chi connectivity index (χ3n) is 1.92. The zero-order valence-electron chi connectivity index (χ0n) is 8.15. The fourth-order valence-electron chi connectivity index (χ4n) is 1.17. The molecule has 0 aliphatic carbocycles. The number of aryl methyl sites for hydroxylation is 1. The molecule has 14 heavy (non-hydrogen) atoms. The van der Waals surface area contributed by atoms with E-state index in [2.05, 4.69) is 10.8 Å². The lowest BCUT2D eigenvalue weighted by Gasteiger charge is -2.05. The Balaban J connectivity index is 3.33. The van der Waals surface area contributed by atoms with Gasteiger partial charge in [0, 0.05) is 0 Å². The molecule has 0 heterocycles. The Morgan fingerprint density at radius 2 is 2.07 bits per heavy atom. The van der Waals surface area contributed by atoms with Gasteiger partial charge in [0.15, 0.2) is 0 Å². The Labute approximate surface area is 84.1 Å². The van der Waals surface area contributed by atoms with Crippen molar-refractivity contribution < 1.29 is 12.6 Å². The second kappa shape index (κ2) is 3.94. The molecule has 0 aromatic heterocycles. The summed E-state index contributed by atoms with van der Waals surface area (Å²) >= 11 is 0. The highest BCUT2D eigenvalue weighted by atomic mass is 32.2. The van der Waals surface area contributed by atoms with E-state index in [0.29, 0.717) is 5.56 Å². The van der Waals surface area contributed by atoms with Crippen molar-refractivity contribution in [2.75, 3.05) is 7.11 Å². The molecule has 0 fully saturated rings. The van der Waals surface area contributed by atoms with Crippen LogP contribution in [0.25, 0.3) is 6.08 Å². The first-order chi connectivity index (χ1) is 6.51. The van der Waals surface area contributed by atoms with Crippen molar-refractivity contribution in [2.24, 2.45) is 0 Å². The molecule has 0 amide bonds. The predicted molar refractivity (Wildman–Crippen MR) is 55.5 cm³/mol. The number of rotatable bonds is 3. The van der Waals surface area contributed by atoms with Crippen LogP contribution >= 0.6 is 0 Å². The minimum absolute atomic E-state index is 0.200. The molecule has 0 N–H and O–H groups in total. The smallest absolute Gasteiger partial charge is 0.270 e. The van der Waals surface area contributed by atoms with Crippen LogP contribution in [0, 0.1) is 6.92 Å². The second-order valence-electron chi connectivity index (χ2n) is 2.85. The molecule has 0 saturated heterocycles. The molecule has 4 heteroatoms. The highest BCUT2D eigenvalue weighted by Crippen LogP contribution is 2.18. The molecule has 0 aliphatic heterocycles. The van der Waals surface area contributed by atoms with Crippen LogP contribution in [0.5, 0.6) is 0 Å². The maximum Gasteiger partial charge on any atom is 0.296 e. The number of hydrogen-bond acceptors (Lipinski definition) is 3. The van der Waals surface area contributed by atoms with E-state index in [9.17, 15) is 8.42 Å². The molecule has 76 valence electrons. The lowest BCUT2D eigenvalue weighted by molar-refractivity contribution is 0.397. The van der Waals surface area contributed by atoms with E-state index in [1.807, 2.05) is 0 Å². The average Bonchev–Trinajstić information content (AvgIpc) is 2.17. The summed E-state index contributed by atoms with van der Waals surface area (Å²) in [6.45, 7) is 5.32. The van der Waals surface area contributed by atoms with Crippen molar-refractivity contribution in [1.82, 2.24) is 0 Å². The summed E-state index contributed by atoms with van der Waals surface area (Å²) in [6.07, 6.45) is 1.66. The Morgan fingerprint density at radius 1 is 1.43 bits per heavy atom. The SMILES string of the molecule is C=Cc1ccc(S(=O)(=O)OC)c(C)c1. The minimum Gasteiger partial charge on any atom is -0.270 e. The van der Waals surface area contributed by atoms with Crippen molar-refractivity contribution in [1.29, 1.82) is 0 Å². The van der Waals surface area contributed by atoms with Crippen LogP contribution in [0.4, 0.5) is 0 Å². The van der Waals surface area contributed by atoms with Gasteiger partial charge in [-0.3, -0.25) is 4.18 Å². The molecule has 0 atom stereocenters. The normalized spacial score (nSPS) is 11.3. The average molecular weight is 212 g/mol. The van der Waals surface area contributed by atoms with Crippen LogP contribution in [0.1, 0.15) is 11.1 Å². The van der Waals surface area contributed by atoms with Gasteiger partial charge < -0.3 is 0 Å². The van der Waals surface area contributed by atoms with Crippen molar-refractivity contribution in [3.8, 4) is 0 Å². The van der Waals surface area contributed by atoms with E-state index < -0.39 is 10.1 Å². The van der Waals surface area contributed by atoms with E-state index in [1.165, 1.54) is 6.07 Å². The lowest BCUT2D eigenvalue weighted by atomic mass is 10.1. The third-order valence-corrected chi connectivity index (χ3v) is 3.36. The molecule has 0 radical (unpaired) electrons. The van der Waals surface area contributed by atoms with Gasteiger partial charge in [0.05, 0.1) is 12.0 Å². The summed E-state index contributed by atoms with van der Waals surface area (Å²) in [4.78, 5) is 0.200. The second-order valence-corrected chi connectivity index (χ2v) is 4.53. The number of benzene rings is 1. The first-order valence-electron chi connectivity index (χ1n) is 4.05. The minimum atomic E-state index is -3.59. The van der Waals surface area contributed by atoms with Crippen LogP contribution in [-0.4, -0.2) is 15.5 Å². The van der Waals surface area contributed by atoms with E-state index in [4.69, 9.17) is 0 Å². The van der Waals surface area contributed by atoms with Gasteiger partial charge in [0.2, 0.25) is 0 Å². The van der Waals surface area contributed by atoms with Gasteiger partial charge >= 0.3 is 0 Å². The Bertz CT molecular complexity index is 446. The van der Waals surface area contributed by atoms with Crippen LogP contribution in [0.2, 0.25) is 0 Å². The summed E-state index contributed by atoms with van der Waals surface area (Å²) in [5.41, 5.74) is 1.54. The monoisotopic (exact) mass is 212 g/mol. The first kappa shape index (κ1) is 10.9. The van der Waals surface area contributed by atoms with Crippen LogP contribution in [0.3, 0.4) is 0 Å². The zero-order valence-corrected chi connectivity index (χ0v) is 8.97. The van der Waals surface area contributed by atoms with Gasteiger partial charge in [-0.05, 0) is 24.1 Å². The topological polar surface area (TPSA) is 43.4 Å². The fourth-order valence-corrected chi connectivity index (χ4v) is 2.04. The van der Waals surface area contributed by atoms with E-state index in [-0.39, 0.29) is 4.90 Å². The van der Waals surface area contributed by atoms with Crippen LogP contribution < -0.4 is 0 Å². The highest BCUT2D eigenvalue weighted by molar-refractivity contribution is 7.86. The maximum atomic E-state index is 11.4. The van der Waals surface area contributed by atoms with Gasteiger partial charge in [0.25, 0.3) is 10.1 Å². The summed E-state index contributed by atoms with van der Waals surface area (Å²) in [5.74, 6) is 0. The summed E-state index contributed by atoms with van der Waals surface area (Å²) < 4.78 is 27.2. The molecule has 0 unspecified atom stereocenters. The standard InChI is InChI=1S/C10H12O3S/c1-4-9-5-6-10(8(2)7-9)14(11,12)13-3/h4-7H,1H2,2-3H3. The van der Waals surface area contributed by atoms with Gasteiger partial charge in [-0.2, -0.15) is 8.42 Å². The van der Waals surface area contributed by atoms with Crippen LogP contribution in [0.15, 0.2) is 29.7 Å². The molecule has 0 saturated carbocycles. The van der Waals surface area contributed by atoms with Crippen molar-refractivity contribution >= 4 is 16.2 Å². The summed E-state index contributed by atoms with van der Waals surface area (Å²) in [5, 5.41) is 0. The van der Waals surface area contributed by atoms with Crippen molar-refractivity contribution in [3.05, 3.63) is 35.9 Å². The highest BCUT2D eigenvalue weighted by Gasteiger charge is 2.15. The van der Waals surface area contributed by atoms with Gasteiger partial charge in [-0.15, -0.1) is 0 Å². The quantitative estimate of drug-likeness (QED) is 0.719. The van der Waals surface area contributed by atoms with E-state index >= 15 is 0 Å². The Morgan fingerprint density at radius 3 is 2.50 bits per heavy atom. The van der Waals surface area contributed by atoms with Gasteiger partial charge in [-0.25, -0.2) is 0 Å². The largest absolute Gasteiger partial charge is 0.296 e. The lowest BCUT2D eigenvalue weighted by Crippen LogP contribution is -2.04.